The van der Waals surface area contributed by atoms with E-state index in [-0.39, 0.29) is 6.03 Å². The monoisotopic (exact) mass is 367 g/mol. The lowest BCUT2D eigenvalue weighted by Gasteiger charge is -2.19. The third-order valence-electron chi connectivity index (χ3n) is 4.37. The van der Waals surface area contributed by atoms with Gasteiger partial charge in [0.1, 0.15) is 5.75 Å². The predicted molar refractivity (Wildman–Crippen MR) is 102 cm³/mol. The van der Waals surface area contributed by atoms with Gasteiger partial charge in [0.15, 0.2) is 0 Å². The molecule has 0 radical (unpaired) electrons. The maximum Gasteiger partial charge on any atom is 0.324 e. The second kappa shape index (κ2) is 8.37. The summed E-state index contributed by atoms with van der Waals surface area (Å²) in [6.45, 7) is 1.83. The number of hydroxylamine groups is 1. The molecule has 140 valence electrons. The van der Waals surface area contributed by atoms with E-state index in [0.717, 1.165) is 22.6 Å². The zero-order valence-corrected chi connectivity index (χ0v) is 15.0. The average Bonchev–Trinajstić information content (AvgIpc) is 3.07. The molecule has 2 aromatic rings. The number of amides is 3. The van der Waals surface area contributed by atoms with Crippen LogP contribution in [0.4, 0.5) is 10.5 Å². The van der Waals surface area contributed by atoms with Crippen molar-refractivity contribution in [2.75, 3.05) is 25.1 Å². The Labute approximate surface area is 157 Å². The van der Waals surface area contributed by atoms with Gasteiger partial charge in [0.25, 0.3) is 5.91 Å². The second-order valence-electron chi connectivity index (χ2n) is 6.10. The fourth-order valence-corrected chi connectivity index (χ4v) is 2.89. The minimum atomic E-state index is -0.594. The standard InChI is InChI=1S/C20H21N3O4/c1-27-18-9-4-16(5-10-18)14-22-12-13-23(20(22)25)17-7-2-15(3-8-17)6-11-19(24)21-26/h2-11,26H,12-14H2,1H3,(H,21,24)/b11-6+. The Morgan fingerprint density at radius 3 is 2.48 bits per heavy atom. The molecule has 3 rings (SSSR count). The maximum atomic E-state index is 12.7. The second-order valence-corrected chi connectivity index (χ2v) is 6.10. The highest BCUT2D eigenvalue weighted by Gasteiger charge is 2.29. The van der Waals surface area contributed by atoms with Gasteiger partial charge in [0.05, 0.1) is 7.11 Å². The van der Waals surface area contributed by atoms with Gasteiger partial charge in [0.2, 0.25) is 0 Å². The number of methoxy groups -OCH3 is 1. The van der Waals surface area contributed by atoms with Gasteiger partial charge in [-0.1, -0.05) is 24.3 Å². The Hall–Kier alpha value is -3.32. The van der Waals surface area contributed by atoms with Crippen LogP contribution in [0.25, 0.3) is 6.08 Å². The molecule has 7 heteroatoms. The van der Waals surface area contributed by atoms with Crippen molar-refractivity contribution in [3.63, 3.8) is 0 Å². The van der Waals surface area contributed by atoms with Crippen LogP contribution in [-0.4, -0.2) is 42.2 Å². The van der Waals surface area contributed by atoms with Crippen LogP contribution in [0.5, 0.6) is 5.75 Å². The quantitative estimate of drug-likeness (QED) is 0.467. The molecule has 0 bridgehead atoms. The maximum absolute atomic E-state index is 12.7. The zero-order chi connectivity index (χ0) is 19.2. The van der Waals surface area contributed by atoms with Crippen molar-refractivity contribution in [3.05, 3.63) is 65.7 Å². The lowest BCUT2D eigenvalue weighted by atomic mass is 10.2. The molecule has 1 aliphatic heterocycles. The molecular formula is C20H21N3O4. The van der Waals surface area contributed by atoms with Crippen LogP contribution in [0.2, 0.25) is 0 Å². The highest BCUT2D eigenvalue weighted by atomic mass is 16.5. The Morgan fingerprint density at radius 1 is 1.15 bits per heavy atom. The van der Waals surface area contributed by atoms with Crippen molar-refractivity contribution >= 4 is 23.7 Å². The van der Waals surface area contributed by atoms with Crippen molar-refractivity contribution in [1.82, 2.24) is 10.4 Å². The number of ether oxygens (including phenoxy) is 1. The van der Waals surface area contributed by atoms with Crippen molar-refractivity contribution in [2.24, 2.45) is 0 Å². The highest BCUT2D eigenvalue weighted by Crippen LogP contribution is 2.23. The van der Waals surface area contributed by atoms with Crippen LogP contribution in [-0.2, 0) is 11.3 Å². The van der Waals surface area contributed by atoms with Crippen LogP contribution in [0.1, 0.15) is 11.1 Å². The van der Waals surface area contributed by atoms with Gasteiger partial charge in [-0.05, 0) is 41.5 Å². The molecule has 0 saturated carbocycles. The first-order valence-corrected chi connectivity index (χ1v) is 8.52. The molecular weight excluding hydrogens is 346 g/mol. The first-order valence-electron chi connectivity index (χ1n) is 8.52. The van der Waals surface area contributed by atoms with Crippen LogP contribution in [0.3, 0.4) is 0 Å². The van der Waals surface area contributed by atoms with E-state index >= 15 is 0 Å². The predicted octanol–water partition coefficient (Wildman–Crippen LogP) is 2.66. The molecule has 1 heterocycles. The topological polar surface area (TPSA) is 82.1 Å². The van der Waals surface area contributed by atoms with E-state index in [0.29, 0.717) is 19.6 Å². The number of carbonyl (C=O) groups excluding carboxylic acids is 2. The zero-order valence-electron chi connectivity index (χ0n) is 15.0. The van der Waals surface area contributed by atoms with E-state index in [4.69, 9.17) is 9.94 Å². The lowest BCUT2D eigenvalue weighted by molar-refractivity contribution is -0.124. The third-order valence-corrected chi connectivity index (χ3v) is 4.37. The summed E-state index contributed by atoms with van der Waals surface area (Å²) in [4.78, 5) is 27.3. The molecule has 0 atom stereocenters. The third kappa shape index (κ3) is 4.45. The number of hydrogen-bond acceptors (Lipinski definition) is 4. The lowest BCUT2D eigenvalue weighted by Crippen LogP contribution is -2.31. The first-order chi connectivity index (χ1) is 13.1. The van der Waals surface area contributed by atoms with E-state index < -0.39 is 5.91 Å². The summed E-state index contributed by atoms with van der Waals surface area (Å²) in [5.41, 5.74) is 4.19. The number of anilines is 1. The van der Waals surface area contributed by atoms with Crippen molar-refractivity contribution < 1.29 is 19.5 Å². The summed E-state index contributed by atoms with van der Waals surface area (Å²) < 4.78 is 5.15. The normalized spacial score (nSPS) is 14.1. The molecule has 2 aromatic carbocycles. The number of benzene rings is 2. The van der Waals surface area contributed by atoms with Crippen molar-refractivity contribution in [3.8, 4) is 5.75 Å². The average molecular weight is 367 g/mol. The summed E-state index contributed by atoms with van der Waals surface area (Å²) in [6, 6.07) is 15.0. The van der Waals surface area contributed by atoms with Gasteiger partial charge in [-0.2, -0.15) is 0 Å². The molecule has 0 aromatic heterocycles. The van der Waals surface area contributed by atoms with Gasteiger partial charge >= 0.3 is 6.03 Å². The van der Waals surface area contributed by atoms with E-state index in [9.17, 15) is 9.59 Å². The number of nitrogens with one attached hydrogen (secondary N) is 1. The van der Waals surface area contributed by atoms with E-state index in [1.165, 1.54) is 11.6 Å². The molecule has 0 aliphatic carbocycles. The molecule has 3 amide bonds. The number of carbonyl (C=O) groups is 2. The first kappa shape index (κ1) is 18.5. The number of rotatable bonds is 6. The van der Waals surface area contributed by atoms with E-state index in [2.05, 4.69) is 0 Å². The Balaban J connectivity index is 1.63. The summed E-state index contributed by atoms with van der Waals surface area (Å²) >= 11 is 0. The van der Waals surface area contributed by atoms with Gasteiger partial charge < -0.3 is 9.64 Å². The molecule has 7 nitrogen and oxygen atoms in total. The van der Waals surface area contributed by atoms with Gasteiger partial charge in [-0.15, -0.1) is 0 Å². The Bertz CT molecular complexity index is 831. The molecule has 1 saturated heterocycles. The molecule has 0 unspecified atom stereocenters. The van der Waals surface area contributed by atoms with E-state index in [1.54, 1.807) is 23.0 Å². The highest BCUT2D eigenvalue weighted by molar-refractivity contribution is 5.94. The SMILES string of the molecule is COc1ccc(CN2CCN(c3ccc(/C=C/C(=O)NO)cc3)C2=O)cc1. The number of urea groups is 1. The fraction of sp³-hybridized carbons (Fsp3) is 0.200. The van der Waals surface area contributed by atoms with Gasteiger partial charge in [-0.25, -0.2) is 10.3 Å². The molecule has 0 spiro atoms. The largest absolute Gasteiger partial charge is 0.497 e. The van der Waals surface area contributed by atoms with Crippen LogP contribution >= 0.6 is 0 Å². The Morgan fingerprint density at radius 2 is 1.85 bits per heavy atom. The molecule has 1 aliphatic rings. The van der Waals surface area contributed by atoms with Crippen LogP contribution in [0.15, 0.2) is 54.6 Å². The smallest absolute Gasteiger partial charge is 0.324 e. The van der Waals surface area contributed by atoms with Gasteiger partial charge in [0, 0.05) is 31.4 Å². The van der Waals surface area contributed by atoms with Crippen molar-refractivity contribution in [1.29, 1.82) is 0 Å². The van der Waals surface area contributed by atoms with Gasteiger partial charge in [-0.3, -0.25) is 14.9 Å². The minimum Gasteiger partial charge on any atom is -0.497 e. The van der Waals surface area contributed by atoms with Crippen LogP contribution in [0, 0.1) is 0 Å². The number of nitrogens with zero attached hydrogens (tertiary/aromatic N) is 2. The molecule has 27 heavy (non-hydrogen) atoms. The summed E-state index contributed by atoms with van der Waals surface area (Å²) in [5, 5.41) is 8.48. The van der Waals surface area contributed by atoms with Crippen molar-refractivity contribution in [2.45, 2.75) is 6.54 Å². The minimum absolute atomic E-state index is 0.0335. The molecule has 1 fully saturated rings. The fourth-order valence-electron chi connectivity index (χ4n) is 2.89. The van der Waals surface area contributed by atoms with Crippen LogP contribution < -0.4 is 15.1 Å². The molecule has 2 N–H and O–H groups in total. The summed E-state index contributed by atoms with van der Waals surface area (Å²) in [7, 11) is 1.62. The van der Waals surface area contributed by atoms with E-state index in [1.807, 2.05) is 48.5 Å². The summed E-state index contributed by atoms with van der Waals surface area (Å²) in [6.07, 6.45) is 2.81. The Kier molecular flexibility index (Phi) is 5.73. The summed E-state index contributed by atoms with van der Waals surface area (Å²) in [5.74, 6) is 0.196. The number of hydrogen-bond donors (Lipinski definition) is 2.